The van der Waals surface area contributed by atoms with E-state index in [0.717, 1.165) is 12.8 Å². The van der Waals surface area contributed by atoms with Crippen LogP contribution in [0.2, 0.25) is 5.02 Å². The van der Waals surface area contributed by atoms with Crippen molar-refractivity contribution in [3.63, 3.8) is 0 Å². The number of nitrogens with zero attached hydrogens (tertiary/aromatic N) is 1. The predicted octanol–water partition coefficient (Wildman–Crippen LogP) is 3.57. The highest BCUT2D eigenvalue weighted by molar-refractivity contribution is 8.00. The first kappa shape index (κ1) is 16.4. The summed E-state index contributed by atoms with van der Waals surface area (Å²) in [6.07, 6.45) is 8.23. The lowest BCUT2D eigenvalue weighted by atomic mass is 9.88. The van der Waals surface area contributed by atoms with E-state index in [9.17, 15) is 4.79 Å². The summed E-state index contributed by atoms with van der Waals surface area (Å²) in [5.41, 5.74) is 0.288. The van der Waals surface area contributed by atoms with Crippen LogP contribution in [0.15, 0.2) is 12.1 Å². The zero-order chi connectivity index (χ0) is 15.3. The smallest absolute Gasteiger partial charge is 0.271 e. The minimum absolute atomic E-state index is 0.168. The number of aromatic nitrogens is 1. The summed E-state index contributed by atoms with van der Waals surface area (Å²) < 4.78 is 0.168. The summed E-state index contributed by atoms with van der Waals surface area (Å²) in [5, 5.41) is 6.32. The molecule has 0 atom stereocenters. The first-order chi connectivity index (χ1) is 10.1. The molecule has 1 aromatic rings. The van der Waals surface area contributed by atoms with Crippen molar-refractivity contribution in [2.75, 3.05) is 25.2 Å². The lowest BCUT2D eigenvalue weighted by molar-refractivity contribution is 0.0942. The Bertz CT molecular complexity index is 504. The van der Waals surface area contributed by atoms with Gasteiger partial charge in [-0.05, 0) is 31.2 Å². The molecule has 0 saturated heterocycles. The van der Waals surface area contributed by atoms with Crippen LogP contribution < -0.4 is 10.6 Å². The molecule has 2 N–H and O–H groups in total. The topological polar surface area (TPSA) is 54.0 Å². The number of pyridine rings is 1. The highest BCUT2D eigenvalue weighted by Crippen LogP contribution is 2.38. The van der Waals surface area contributed by atoms with E-state index >= 15 is 0 Å². The Morgan fingerprint density at radius 2 is 2.10 bits per heavy atom. The standard InChI is InChI=1S/C15H22ClN3OS/c1-17-12-7-6-11(16)13(19-12)14(20)18-10-15(21-2)8-4-3-5-9-15/h6-7H,3-5,8-10H2,1-2H3,(H,17,19)(H,18,20). The fourth-order valence-corrected chi connectivity index (χ4v) is 3.82. The molecule has 0 spiro atoms. The second-order valence-corrected chi connectivity index (χ2v) is 7.09. The lowest BCUT2D eigenvalue weighted by Gasteiger charge is -2.35. The third-order valence-corrected chi connectivity index (χ3v) is 5.81. The third-order valence-electron chi connectivity index (χ3n) is 4.09. The van der Waals surface area contributed by atoms with E-state index in [1.54, 1.807) is 19.2 Å². The van der Waals surface area contributed by atoms with Gasteiger partial charge in [0, 0.05) is 18.3 Å². The average molecular weight is 328 g/mol. The van der Waals surface area contributed by atoms with Gasteiger partial charge in [-0.1, -0.05) is 30.9 Å². The van der Waals surface area contributed by atoms with Crippen molar-refractivity contribution in [2.24, 2.45) is 0 Å². The van der Waals surface area contributed by atoms with Gasteiger partial charge in [0.25, 0.3) is 5.91 Å². The Morgan fingerprint density at radius 1 is 1.38 bits per heavy atom. The van der Waals surface area contributed by atoms with Gasteiger partial charge in [0.05, 0.1) is 5.02 Å². The Labute approximate surface area is 135 Å². The van der Waals surface area contributed by atoms with Gasteiger partial charge >= 0.3 is 0 Å². The van der Waals surface area contributed by atoms with Crippen LogP contribution >= 0.6 is 23.4 Å². The Hall–Kier alpha value is -0.940. The molecule has 0 radical (unpaired) electrons. The molecule has 0 bridgehead atoms. The number of hydrogen-bond donors (Lipinski definition) is 2. The molecule has 4 nitrogen and oxygen atoms in total. The summed E-state index contributed by atoms with van der Waals surface area (Å²) in [5.74, 6) is 0.442. The van der Waals surface area contributed by atoms with E-state index < -0.39 is 0 Å². The lowest BCUT2D eigenvalue weighted by Crippen LogP contribution is -2.42. The molecule has 1 saturated carbocycles. The van der Waals surface area contributed by atoms with Crippen LogP contribution in [0, 0.1) is 0 Å². The number of anilines is 1. The number of amides is 1. The summed E-state index contributed by atoms with van der Waals surface area (Å²) in [4.78, 5) is 16.6. The molecule has 6 heteroatoms. The zero-order valence-corrected chi connectivity index (χ0v) is 14.1. The van der Waals surface area contributed by atoms with Crippen LogP contribution in [0.1, 0.15) is 42.6 Å². The first-order valence-corrected chi connectivity index (χ1v) is 8.88. The van der Waals surface area contributed by atoms with Gasteiger partial charge in [0.15, 0.2) is 0 Å². The van der Waals surface area contributed by atoms with Crippen LogP contribution in [0.4, 0.5) is 5.82 Å². The fourth-order valence-electron chi connectivity index (χ4n) is 2.71. The molecule has 0 unspecified atom stereocenters. The molecular formula is C15H22ClN3OS. The number of nitrogens with one attached hydrogen (secondary N) is 2. The predicted molar refractivity (Wildman–Crippen MR) is 90.5 cm³/mol. The second-order valence-electron chi connectivity index (χ2n) is 5.41. The maximum atomic E-state index is 12.3. The van der Waals surface area contributed by atoms with Gasteiger partial charge in [0.1, 0.15) is 11.5 Å². The van der Waals surface area contributed by atoms with E-state index in [1.807, 2.05) is 11.8 Å². The number of halogens is 1. The van der Waals surface area contributed by atoms with Gasteiger partial charge < -0.3 is 10.6 Å². The van der Waals surface area contributed by atoms with Crippen molar-refractivity contribution < 1.29 is 4.79 Å². The highest BCUT2D eigenvalue weighted by atomic mass is 35.5. The van der Waals surface area contributed by atoms with Gasteiger partial charge in [0.2, 0.25) is 0 Å². The Kier molecular flexibility index (Phi) is 5.76. The van der Waals surface area contributed by atoms with Gasteiger partial charge in [-0.15, -0.1) is 0 Å². The maximum Gasteiger partial charge on any atom is 0.271 e. The van der Waals surface area contributed by atoms with Gasteiger partial charge in [-0.2, -0.15) is 11.8 Å². The largest absolute Gasteiger partial charge is 0.373 e. The minimum Gasteiger partial charge on any atom is -0.373 e. The van der Waals surface area contributed by atoms with E-state index in [-0.39, 0.29) is 16.3 Å². The van der Waals surface area contributed by atoms with Crippen LogP contribution in [0.5, 0.6) is 0 Å². The normalized spacial score (nSPS) is 17.3. The number of carbonyl (C=O) groups is 1. The van der Waals surface area contributed by atoms with Crippen LogP contribution in [-0.4, -0.2) is 35.5 Å². The summed E-state index contributed by atoms with van der Waals surface area (Å²) in [7, 11) is 1.77. The summed E-state index contributed by atoms with van der Waals surface area (Å²) >= 11 is 7.94. The van der Waals surface area contributed by atoms with E-state index in [2.05, 4.69) is 21.9 Å². The molecule has 2 rings (SSSR count). The second kappa shape index (κ2) is 7.36. The molecule has 1 aliphatic carbocycles. The maximum absolute atomic E-state index is 12.3. The fraction of sp³-hybridized carbons (Fsp3) is 0.600. The molecule has 1 aliphatic rings. The average Bonchev–Trinajstić information content (AvgIpc) is 2.54. The molecular weight excluding hydrogens is 306 g/mol. The molecule has 1 heterocycles. The number of thioether (sulfide) groups is 1. The minimum atomic E-state index is -0.198. The molecule has 1 aromatic heterocycles. The first-order valence-electron chi connectivity index (χ1n) is 7.28. The Morgan fingerprint density at radius 3 is 2.71 bits per heavy atom. The number of carbonyl (C=O) groups excluding carboxylic acids is 1. The molecule has 21 heavy (non-hydrogen) atoms. The van der Waals surface area contributed by atoms with Crippen molar-refractivity contribution in [3.8, 4) is 0 Å². The number of hydrogen-bond acceptors (Lipinski definition) is 4. The molecule has 1 fully saturated rings. The van der Waals surface area contributed by atoms with Crippen LogP contribution in [-0.2, 0) is 0 Å². The van der Waals surface area contributed by atoms with Crippen LogP contribution in [0.3, 0.4) is 0 Å². The van der Waals surface area contributed by atoms with E-state index in [1.165, 1.54) is 19.3 Å². The SMILES string of the molecule is CNc1ccc(Cl)c(C(=O)NCC2(SC)CCCCC2)n1. The van der Waals surface area contributed by atoms with Crippen molar-refractivity contribution >= 4 is 35.1 Å². The summed E-state index contributed by atoms with van der Waals surface area (Å²) in [6.45, 7) is 0.675. The number of rotatable bonds is 5. The van der Waals surface area contributed by atoms with Crippen LogP contribution in [0.25, 0.3) is 0 Å². The van der Waals surface area contributed by atoms with Crippen molar-refractivity contribution in [1.29, 1.82) is 0 Å². The van der Waals surface area contributed by atoms with Gasteiger partial charge in [-0.25, -0.2) is 4.98 Å². The quantitative estimate of drug-likeness (QED) is 0.868. The molecule has 116 valence electrons. The molecule has 1 amide bonds. The Balaban J connectivity index is 2.04. The third kappa shape index (κ3) is 4.04. The van der Waals surface area contributed by atoms with Crippen molar-refractivity contribution in [2.45, 2.75) is 36.9 Å². The summed E-state index contributed by atoms with van der Waals surface area (Å²) in [6, 6.07) is 3.45. The monoisotopic (exact) mass is 327 g/mol. The zero-order valence-electron chi connectivity index (χ0n) is 12.5. The van der Waals surface area contributed by atoms with E-state index in [0.29, 0.717) is 17.4 Å². The highest BCUT2D eigenvalue weighted by Gasteiger charge is 2.31. The van der Waals surface area contributed by atoms with Crippen molar-refractivity contribution in [3.05, 3.63) is 22.8 Å². The van der Waals surface area contributed by atoms with E-state index in [4.69, 9.17) is 11.6 Å². The van der Waals surface area contributed by atoms with Crippen molar-refractivity contribution in [1.82, 2.24) is 10.3 Å². The molecule has 0 aliphatic heterocycles. The van der Waals surface area contributed by atoms with Gasteiger partial charge in [-0.3, -0.25) is 4.79 Å². The molecule has 0 aromatic carbocycles.